The molecule has 1 amide bonds. The molecule has 0 saturated carbocycles. The second-order valence-electron chi connectivity index (χ2n) is 5.84. The van der Waals surface area contributed by atoms with Crippen LogP contribution in [0.3, 0.4) is 0 Å². The van der Waals surface area contributed by atoms with Crippen molar-refractivity contribution in [2.24, 2.45) is 11.7 Å². The summed E-state index contributed by atoms with van der Waals surface area (Å²) in [5, 5.41) is 2.89. The molecular weight excluding hydrogens is 350 g/mol. The second-order valence-corrected chi connectivity index (χ2v) is 8.09. The molecule has 1 aromatic carbocycles. The molecule has 0 bridgehead atoms. The highest BCUT2D eigenvalue weighted by Gasteiger charge is 2.30. The maximum atomic E-state index is 12.2. The topological polar surface area (TPSA) is 92.5 Å². The van der Waals surface area contributed by atoms with E-state index in [1.54, 1.807) is 6.92 Å². The third kappa shape index (κ3) is 5.44. The molecule has 1 aliphatic heterocycles. The average Bonchev–Trinajstić information content (AvgIpc) is 2.60. The Labute approximate surface area is 150 Å². The van der Waals surface area contributed by atoms with Crippen LogP contribution >= 0.6 is 12.4 Å². The molecule has 1 heterocycles. The van der Waals surface area contributed by atoms with Crippen LogP contribution in [0.4, 0.5) is 0 Å². The number of hydrogen-bond donors (Lipinski definition) is 2. The summed E-state index contributed by atoms with van der Waals surface area (Å²) in [6.45, 7) is 2.85. The van der Waals surface area contributed by atoms with Gasteiger partial charge < -0.3 is 11.1 Å². The third-order valence-electron chi connectivity index (χ3n) is 4.31. The Hall–Kier alpha value is -1.15. The quantitative estimate of drug-likeness (QED) is 0.783. The summed E-state index contributed by atoms with van der Waals surface area (Å²) in [5.74, 6) is -0.0679. The monoisotopic (exact) mass is 375 g/mol. The van der Waals surface area contributed by atoms with Gasteiger partial charge in [0.1, 0.15) is 0 Å². The zero-order valence-electron chi connectivity index (χ0n) is 13.8. The maximum Gasteiger partial charge on any atom is 0.223 e. The third-order valence-corrected chi connectivity index (χ3v) is 6.19. The SMILES string of the molecule is CCS(=O)(=O)N1CCC(C(=O)NCC(N)c2ccccc2)CC1.Cl. The molecule has 136 valence electrons. The van der Waals surface area contributed by atoms with Crippen LogP contribution < -0.4 is 11.1 Å². The summed E-state index contributed by atoms with van der Waals surface area (Å²) in [4.78, 5) is 12.2. The molecule has 1 aromatic rings. The Balaban J connectivity index is 0.00000288. The zero-order valence-corrected chi connectivity index (χ0v) is 15.5. The molecule has 0 aromatic heterocycles. The van der Waals surface area contributed by atoms with Crippen molar-refractivity contribution in [3.8, 4) is 0 Å². The number of amides is 1. The van der Waals surface area contributed by atoms with Crippen molar-refractivity contribution in [3.63, 3.8) is 0 Å². The van der Waals surface area contributed by atoms with Crippen molar-refractivity contribution in [1.29, 1.82) is 0 Å². The molecule has 0 radical (unpaired) electrons. The average molecular weight is 376 g/mol. The van der Waals surface area contributed by atoms with Gasteiger partial charge in [-0.1, -0.05) is 30.3 Å². The first-order valence-electron chi connectivity index (χ1n) is 8.00. The molecule has 2 rings (SSSR count). The van der Waals surface area contributed by atoms with Crippen molar-refractivity contribution in [3.05, 3.63) is 35.9 Å². The number of nitrogens with one attached hydrogen (secondary N) is 1. The number of sulfonamides is 1. The Morgan fingerprint density at radius 1 is 1.29 bits per heavy atom. The lowest BCUT2D eigenvalue weighted by Gasteiger charge is -2.30. The van der Waals surface area contributed by atoms with E-state index in [9.17, 15) is 13.2 Å². The van der Waals surface area contributed by atoms with Gasteiger partial charge in [0.15, 0.2) is 0 Å². The van der Waals surface area contributed by atoms with Crippen molar-refractivity contribution in [1.82, 2.24) is 9.62 Å². The lowest BCUT2D eigenvalue weighted by atomic mass is 9.97. The van der Waals surface area contributed by atoms with Gasteiger partial charge in [-0.25, -0.2) is 12.7 Å². The van der Waals surface area contributed by atoms with Crippen LogP contribution in [0.1, 0.15) is 31.4 Å². The number of carbonyl (C=O) groups is 1. The normalized spacial score (nSPS) is 17.8. The summed E-state index contributed by atoms with van der Waals surface area (Å²) >= 11 is 0. The summed E-state index contributed by atoms with van der Waals surface area (Å²) in [5.41, 5.74) is 7.05. The Morgan fingerprint density at radius 2 is 1.88 bits per heavy atom. The van der Waals surface area contributed by atoms with Gasteiger partial charge in [0.25, 0.3) is 0 Å². The highest BCUT2D eigenvalue weighted by molar-refractivity contribution is 7.89. The van der Waals surface area contributed by atoms with Crippen LogP contribution in [-0.4, -0.2) is 44.0 Å². The number of piperidine rings is 1. The minimum absolute atomic E-state index is 0. The number of carbonyl (C=O) groups excluding carboxylic acids is 1. The Bertz CT molecular complexity index is 617. The molecule has 1 saturated heterocycles. The first kappa shape index (κ1) is 20.9. The summed E-state index contributed by atoms with van der Waals surface area (Å²) in [6, 6.07) is 9.39. The molecule has 8 heteroatoms. The van der Waals surface area contributed by atoms with Crippen molar-refractivity contribution >= 4 is 28.3 Å². The van der Waals surface area contributed by atoms with Gasteiger partial charge in [0, 0.05) is 31.6 Å². The van der Waals surface area contributed by atoms with E-state index in [1.165, 1.54) is 4.31 Å². The Kier molecular flexibility index (Phi) is 8.15. The van der Waals surface area contributed by atoms with Gasteiger partial charge >= 0.3 is 0 Å². The lowest BCUT2D eigenvalue weighted by Crippen LogP contribution is -2.44. The number of hydrogen-bond acceptors (Lipinski definition) is 4. The fourth-order valence-corrected chi connectivity index (χ4v) is 3.88. The molecule has 1 atom stereocenters. The predicted octanol–water partition coefficient (Wildman–Crippen LogP) is 1.29. The summed E-state index contributed by atoms with van der Waals surface area (Å²) in [7, 11) is -3.15. The van der Waals surface area contributed by atoms with E-state index in [0.717, 1.165) is 5.56 Å². The number of rotatable bonds is 6. The van der Waals surface area contributed by atoms with Crippen LogP contribution in [0, 0.1) is 5.92 Å². The second kappa shape index (κ2) is 9.36. The van der Waals surface area contributed by atoms with Crippen LogP contribution in [0.15, 0.2) is 30.3 Å². The van der Waals surface area contributed by atoms with E-state index < -0.39 is 10.0 Å². The zero-order chi connectivity index (χ0) is 16.9. The molecule has 24 heavy (non-hydrogen) atoms. The van der Waals surface area contributed by atoms with E-state index in [0.29, 0.717) is 32.5 Å². The van der Waals surface area contributed by atoms with Gasteiger partial charge in [-0.3, -0.25) is 4.79 Å². The van der Waals surface area contributed by atoms with Gasteiger partial charge in [0.2, 0.25) is 15.9 Å². The molecular formula is C16H26ClN3O3S. The van der Waals surface area contributed by atoms with Crippen LogP contribution in [0.2, 0.25) is 0 Å². The highest BCUT2D eigenvalue weighted by atomic mass is 35.5. The molecule has 3 N–H and O–H groups in total. The summed E-state index contributed by atoms with van der Waals surface area (Å²) in [6.07, 6.45) is 1.12. The number of nitrogens with zero attached hydrogens (tertiary/aromatic N) is 1. The fraction of sp³-hybridized carbons (Fsp3) is 0.562. The maximum absolute atomic E-state index is 12.2. The van der Waals surface area contributed by atoms with E-state index in [4.69, 9.17) is 5.73 Å². The highest BCUT2D eigenvalue weighted by Crippen LogP contribution is 2.20. The minimum Gasteiger partial charge on any atom is -0.354 e. The van der Waals surface area contributed by atoms with Gasteiger partial charge in [-0.2, -0.15) is 0 Å². The molecule has 1 fully saturated rings. The number of nitrogens with two attached hydrogens (primary N) is 1. The molecule has 1 unspecified atom stereocenters. The van der Waals surface area contributed by atoms with E-state index >= 15 is 0 Å². The number of benzene rings is 1. The standard InChI is InChI=1S/C16H25N3O3S.ClH/c1-2-23(21,22)19-10-8-14(9-11-19)16(20)18-12-15(17)13-6-4-3-5-7-13;/h3-7,14-15H,2,8-12,17H2,1H3,(H,18,20);1H. The molecule has 6 nitrogen and oxygen atoms in total. The first-order chi connectivity index (χ1) is 10.9. The smallest absolute Gasteiger partial charge is 0.223 e. The summed E-state index contributed by atoms with van der Waals surface area (Å²) < 4.78 is 25.1. The predicted molar refractivity (Wildman–Crippen MR) is 97.4 cm³/mol. The van der Waals surface area contributed by atoms with Gasteiger partial charge in [-0.05, 0) is 25.3 Å². The van der Waals surface area contributed by atoms with Crippen LogP contribution in [0.25, 0.3) is 0 Å². The molecule has 0 aliphatic carbocycles. The van der Waals surface area contributed by atoms with E-state index in [2.05, 4.69) is 5.32 Å². The van der Waals surface area contributed by atoms with Gasteiger partial charge in [0.05, 0.1) is 5.75 Å². The van der Waals surface area contributed by atoms with Gasteiger partial charge in [-0.15, -0.1) is 12.4 Å². The molecule has 0 spiro atoms. The largest absolute Gasteiger partial charge is 0.354 e. The Morgan fingerprint density at radius 3 is 2.42 bits per heavy atom. The van der Waals surface area contributed by atoms with E-state index in [1.807, 2.05) is 30.3 Å². The minimum atomic E-state index is -3.15. The van der Waals surface area contributed by atoms with Crippen LogP contribution in [0.5, 0.6) is 0 Å². The number of halogens is 1. The van der Waals surface area contributed by atoms with Crippen molar-refractivity contribution in [2.75, 3.05) is 25.4 Å². The van der Waals surface area contributed by atoms with Crippen molar-refractivity contribution in [2.45, 2.75) is 25.8 Å². The fourth-order valence-electron chi connectivity index (χ4n) is 2.75. The molecule has 1 aliphatic rings. The lowest BCUT2D eigenvalue weighted by molar-refractivity contribution is -0.126. The van der Waals surface area contributed by atoms with E-state index in [-0.39, 0.29) is 36.0 Å². The first-order valence-corrected chi connectivity index (χ1v) is 9.61. The van der Waals surface area contributed by atoms with Crippen molar-refractivity contribution < 1.29 is 13.2 Å². The van der Waals surface area contributed by atoms with Crippen LogP contribution in [-0.2, 0) is 14.8 Å².